The molecule has 1 atom stereocenters. The number of hydrogen-bond acceptors (Lipinski definition) is 2. The van der Waals surface area contributed by atoms with Crippen LogP contribution in [0.1, 0.15) is 38.2 Å². The molecular formula is C15H20N2O. The fraction of sp³-hybridized carbons (Fsp3) is 0.467. The van der Waals surface area contributed by atoms with Gasteiger partial charge in [0.25, 0.3) is 0 Å². The molecule has 1 aromatic carbocycles. The fourth-order valence-electron chi connectivity index (χ4n) is 1.81. The summed E-state index contributed by atoms with van der Waals surface area (Å²) in [6.07, 6.45) is 3.48. The number of amides is 1. The fourth-order valence-corrected chi connectivity index (χ4v) is 1.81. The molecule has 0 saturated carbocycles. The minimum atomic E-state index is -0.000717. The van der Waals surface area contributed by atoms with Gasteiger partial charge in [0.15, 0.2) is 0 Å². The molecule has 0 fully saturated rings. The normalized spacial score (nSPS) is 11.6. The number of rotatable bonds is 7. The van der Waals surface area contributed by atoms with Crippen LogP contribution >= 0.6 is 0 Å². The molecule has 0 aliphatic heterocycles. The van der Waals surface area contributed by atoms with Crippen molar-refractivity contribution in [1.82, 2.24) is 5.32 Å². The van der Waals surface area contributed by atoms with Crippen molar-refractivity contribution in [3.05, 3.63) is 35.9 Å². The predicted octanol–water partition coefficient (Wildman–Crippen LogP) is 2.82. The molecule has 0 aromatic heterocycles. The Morgan fingerprint density at radius 1 is 1.39 bits per heavy atom. The molecule has 18 heavy (non-hydrogen) atoms. The van der Waals surface area contributed by atoms with Crippen molar-refractivity contribution in [2.75, 3.05) is 0 Å². The Balaban J connectivity index is 2.23. The van der Waals surface area contributed by atoms with Crippen LogP contribution in [0.25, 0.3) is 0 Å². The van der Waals surface area contributed by atoms with Gasteiger partial charge in [-0.3, -0.25) is 4.79 Å². The van der Waals surface area contributed by atoms with Crippen molar-refractivity contribution >= 4 is 5.91 Å². The molecule has 96 valence electrons. The van der Waals surface area contributed by atoms with E-state index in [0.717, 1.165) is 19.3 Å². The highest BCUT2D eigenvalue weighted by molar-refractivity contribution is 5.76. The second kappa shape index (κ2) is 8.30. The van der Waals surface area contributed by atoms with Crippen LogP contribution in [-0.2, 0) is 11.2 Å². The molecule has 1 N–H and O–H groups in total. The van der Waals surface area contributed by atoms with Crippen LogP contribution < -0.4 is 5.32 Å². The van der Waals surface area contributed by atoms with Crippen LogP contribution in [0.3, 0.4) is 0 Å². The number of benzene rings is 1. The number of nitriles is 1. The first-order chi connectivity index (χ1) is 8.76. The molecule has 0 spiro atoms. The van der Waals surface area contributed by atoms with Crippen LogP contribution in [0.4, 0.5) is 0 Å². The molecule has 0 bridgehead atoms. The van der Waals surface area contributed by atoms with E-state index in [1.165, 1.54) is 5.56 Å². The van der Waals surface area contributed by atoms with E-state index < -0.39 is 0 Å². The maximum absolute atomic E-state index is 11.7. The van der Waals surface area contributed by atoms with E-state index in [9.17, 15) is 4.79 Å². The van der Waals surface area contributed by atoms with Gasteiger partial charge in [-0.05, 0) is 24.8 Å². The third-order valence-electron chi connectivity index (χ3n) is 2.91. The van der Waals surface area contributed by atoms with Crippen molar-refractivity contribution in [2.45, 2.75) is 45.1 Å². The average Bonchev–Trinajstić information content (AvgIpc) is 2.39. The highest BCUT2D eigenvalue weighted by atomic mass is 16.1. The van der Waals surface area contributed by atoms with Crippen LogP contribution in [-0.4, -0.2) is 11.9 Å². The summed E-state index contributed by atoms with van der Waals surface area (Å²) < 4.78 is 0. The van der Waals surface area contributed by atoms with Gasteiger partial charge in [-0.15, -0.1) is 0 Å². The molecular weight excluding hydrogens is 224 g/mol. The lowest BCUT2D eigenvalue weighted by Crippen LogP contribution is -2.33. The van der Waals surface area contributed by atoms with Crippen LogP contribution in [0.2, 0.25) is 0 Å². The quantitative estimate of drug-likeness (QED) is 0.801. The summed E-state index contributed by atoms with van der Waals surface area (Å²) in [6.45, 7) is 1.98. The summed E-state index contributed by atoms with van der Waals surface area (Å²) in [6, 6.07) is 12.2. The first-order valence-corrected chi connectivity index (χ1v) is 6.46. The molecule has 1 aromatic rings. The van der Waals surface area contributed by atoms with Crippen molar-refractivity contribution in [3.63, 3.8) is 0 Å². The Morgan fingerprint density at radius 3 is 2.72 bits per heavy atom. The summed E-state index contributed by atoms with van der Waals surface area (Å²) in [5, 5.41) is 11.5. The number of carbonyl (C=O) groups excluding carboxylic acids is 1. The van der Waals surface area contributed by atoms with E-state index in [1.54, 1.807) is 0 Å². The van der Waals surface area contributed by atoms with E-state index >= 15 is 0 Å². The Morgan fingerprint density at radius 2 is 2.11 bits per heavy atom. The van der Waals surface area contributed by atoms with Gasteiger partial charge in [-0.2, -0.15) is 5.26 Å². The Hall–Kier alpha value is -1.82. The van der Waals surface area contributed by atoms with E-state index in [1.807, 2.05) is 25.1 Å². The summed E-state index contributed by atoms with van der Waals surface area (Å²) in [4.78, 5) is 11.7. The largest absolute Gasteiger partial charge is 0.352 e. The minimum Gasteiger partial charge on any atom is -0.352 e. The van der Waals surface area contributed by atoms with E-state index in [0.29, 0.717) is 12.8 Å². The van der Waals surface area contributed by atoms with Crippen LogP contribution in [0, 0.1) is 11.3 Å². The third kappa shape index (κ3) is 5.49. The third-order valence-corrected chi connectivity index (χ3v) is 2.91. The first kappa shape index (κ1) is 14.2. The second-order valence-electron chi connectivity index (χ2n) is 4.37. The number of hydrogen-bond donors (Lipinski definition) is 1. The maximum atomic E-state index is 11.7. The molecule has 0 aliphatic rings. The van der Waals surface area contributed by atoms with Gasteiger partial charge in [-0.25, -0.2) is 0 Å². The topological polar surface area (TPSA) is 52.9 Å². The van der Waals surface area contributed by atoms with Crippen molar-refractivity contribution in [2.24, 2.45) is 0 Å². The molecule has 0 heterocycles. The lowest BCUT2D eigenvalue weighted by atomic mass is 10.1. The molecule has 0 radical (unpaired) electrons. The summed E-state index contributed by atoms with van der Waals surface area (Å²) >= 11 is 0. The van der Waals surface area contributed by atoms with Crippen molar-refractivity contribution < 1.29 is 4.79 Å². The van der Waals surface area contributed by atoms with Gasteiger partial charge < -0.3 is 5.32 Å². The first-order valence-electron chi connectivity index (χ1n) is 6.46. The maximum Gasteiger partial charge on any atom is 0.220 e. The molecule has 0 saturated heterocycles. The summed E-state index contributed by atoms with van der Waals surface area (Å²) in [5.74, 6) is 0.0491. The van der Waals surface area contributed by atoms with Crippen molar-refractivity contribution in [3.8, 4) is 6.07 Å². The van der Waals surface area contributed by atoms with Gasteiger partial charge in [0.05, 0.1) is 12.5 Å². The van der Waals surface area contributed by atoms with Crippen molar-refractivity contribution in [1.29, 1.82) is 5.26 Å². The number of nitrogens with zero attached hydrogens (tertiary/aromatic N) is 1. The van der Waals surface area contributed by atoms with Gasteiger partial charge in [0.1, 0.15) is 0 Å². The molecule has 0 aliphatic carbocycles. The zero-order valence-electron chi connectivity index (χ0n) is 10.9. The molecule has 1 unspecified atom stereocenters. The number of carbonyl (C=O) groups is 1. The SMILES string of the molecule is CCC(CC#N)NC(=O)CCCc1ccccc1. The molecule has 3 heteroatoms. The van der Waals surface area contributed by atoms with Gasteiger partial charge in [0, 0.05) is 12.5 Å². The smallest absolute Gasteiger partial charge is 0.220 e. The number of nitrogens with one attached hydrogen (secondary N) is 1. The van der Waals surface area contributed by atoms with Crippen LogP contribution in [0.5, 0.6) is 0 Å². The van der Waals surface area contributed by atoms with E-state index in [2.05, 4.69) is 23.5 Å². The molecule has 3 nitrogen and oxygen atoms in total. The predicted molar refractivity (Wildman–Crippen MR) is 71.8 cm³/mol. The summed E-state index contributed by atoms with van der Waals surface area (Å²) in [7, 11) is 0. The zero-order chi connectivity index (χ0) is 13.2. The lowest BCUT2D eigenvalue weighted by molar-refractivity contribution is -0.121. The average molecular weight is 244 g/mol. The highest BCUT2D eigenvalue weighted by Crippen LogP contribution is 2.05. The Bertz CT molecular complexity index is 395. The second-order valence-corrected chi connectivity index (χ2v) is 4.37. The van der Waals surface area contributed by atoms with Gasteiger partial charge in [0.2, 0.25) is 5.91 Å². The lowest BCUT2D eigenvalue weighted by Gasteiger charge is -2.13. The zero-order valence-corrected chi connectivity index (χ0v) is 10.9. The molecule has 1 rings (SSSR count). The number of aryl methyl sites for hydroxylation is 1. The summed E-state index contributed by atoms with van der Waals surface area (Å²) in [5.41, 5.74) is 1.26. The Labute approximate surface area is 109 Å². The standard InChI is InChI=1S/C15H20N2O/c1-2-14(11-12-16)17-15(18)10-6-9-13-7-4-3-5-8-13/h3-5,7-8,14H,2,6,9-11H2,1H3,(H,17,18). The van der Waals surface area contributed by atoms with E-state index in [4.69, 9.17) is 5.26 Å². The van der Waals surface area contributed by atoms with Gasteiger partial charge >= 0.3 is 0 Å². The van der Waals surface area contributed by atoms with Gasteiger partial charge in [-0.1, -0.05) is 37.3 Å². The van der Waals surface area contributed by atoms with E-state index in [-0.39, 0.29) is 11.9 Å². The minimum absolute atomic E-state index is 0.000717. The monoisotopic (exact) mass is 244 g/mol. The van der Waals surface area contributed by atoms with Crippen LogP contribution in [0.15, 0.2) is 30.3 Å². The highest BCUT2D eigenvalue weighted by Gasteiger charge is 2.09. The Kier molecular flexibility index (Phi) is 6.56. The molecule has 1 amide bonds.